The highest BCUT2D eigenvalue weighted by Gasteiger charge is 2.33. The SMILES string of the molecule is Cn1ccc2c(N3CC(NC(=O)C(C)(C)C)C3)ncnc21. The Labute approximate surface area is 124 Å². The van der Waals surface area contributed by atoms with Crippen molar-refractivity contribution in [3.8, 4) is 0 Å². The van der Waals surface area contributed by atoms with Crippen LogP contribution in [0.1, 0.15) is 20.8 Å². The molecular weight excluding hydrogens is 266 g/mol. The first-order valence-electron chi connectivity index (χ1n) is 7.18. The third-order valence-electron chi connectivity index (χ3n) is 3.84. The summed E-state index contributed by atoms with van der Waals surface area (Å²) in [6, 6.07) is 2.23. The van der Waals surface area contributed by atoms with Crippen molar-refractivity contribution in [3.63, 3.8) is 0 Å². The number of rotatable bonds is 2. The maximum Gasteiger partial charge on any atom is 0.225 e. The second kappa shape index (κ2) is 4.72. The van der Waals surface area contributed by atoms with Gasteiger partial charge in [-0.15, -0.1) is 0 Å². The van der Waals surface area contributed by atoms with E-state index >= 15 is 0 Å². The number of hydrogen-bond acceptors (Lipinski definition) is 4. The van der Waals surface area contributed by atoms with E-state index in [2.05, 4.69) is 20.2 Å². The van der Waals surface area contributed by atoms with Gasteiger partial charge >= 0.3 is 0 Å². The van der Waals surface area contributed by atoms with E-state index in [4.69, 9.17) is 0 Å². The summed E-state index contributed by atoms with van der Waals surface area (Å²) in [7, 11) is 1.97. The first kappa shape index (κ1) is 13.9. The van der Waals surface area contributed by atoms with Crippen LogP contribution < -0.4 is 10.2 Å². The van der Waals surface area contributed by atoms with Gasteiger partial charge in [0.1, 0.15) is 17.8 Å². The van der Waals surface area contributed by atoms with E-state index in [1.54, 1.807) is 6.33 Å². The number of hydrogen-bond donors (Lipinski definition) is 1. The lowest BCUT2D eigenvalue weighted by Gasteiger charge is -2.41. The molecule has 1 aliphatic heterocycles. The summed E-state index contributed by atoms with van der Waals surface area (Å²) in [5, 5.41) is 4.14. The van der Waals surface area contributed by atoms with Gasteiger partial charge in [-0.05, 0) is 6.07 Å². The minimum atomic E-state index is -0.345. The molecule has 2 aromatic heterocycles. The molecule has 0 aliphatic carbocycles. The average molecular weight is 287 g/mol. The molecule has 0 radical (unpaired) electrons. The van der Waals surface area contributed by atoms with Gasteiger partial charge in [0.15, 0.2) is 0 Å². The molecule has 21 heavy (non-hydrogen) atoms. The molecular formula is C15H21N5O. The number of anilines is 1. The van der Waals surface area contributed by atoms with Crippen molar-refractivity contribution >= 4 is 22.8 Å². The number of nitrogens with one attached hydrogen (secondary N) is 1. The van der Waals surface area contributed by atoms with Crippen LogP contribution in [0.4, 0.5) is 5.82 Å². The number of aromatic nitrogens is 3. The summed E-state index contributed by atoms with van der Waals surface area (Å²) in [5.41, 5.74) is 0.587. The zero-order chi connectivity index (χ0) is 15.2. The van der Waals surface area contributed by atoms with E-state index in [1.807, 2.05) is 44.6 Å². The molecule has 0 aromatic carbocycles. The van der Waals surface area contributed by atoms with E-state index < -0.39 is 0 Å². The van der Waals surface area contributed by atoms with E-state index in [1.165, 1.54) is 0 Å². The molecule has 3 rings (SSSR count). The Balaban J connectivity index is 1.70. The Morgan fingerprint density at radius 1 is 1.33 bits per heavy atom. The van der Waals surface area contributed by atoms with Crippen molar-refractivity contribution in [2.45, 2.75) is 26.8 Å². The molecule has 0 unspecified atom stereocenters. The molecule has 0 atom stereocenters. The first-order valence-corrected chi connectivity index (χ1v) is 7.18. The Bertz CT molecular complexity index is 679. The van der Waals surface area contributed by atoms with Gasteiger partial charge in [-0.3, -0.25) is 4.79 Å². The van der Waals surface area contributed by atoms with Crippen LogP contribution in [-0.4, -0.2) is 39.6 Å². The highest BCUT2D eigenvalue weighted by atomic mass is 16.2. The van der Waals surface area contributed by atoms with Crippen LogP contribution in [0.3, 0.4) is 0 Å². The predicted octanol–water partition coefficient (Wildman–Crippen LogP) is 1.32. The Morgan fingerprint density at radius 3 is 2.71 bits per heavy atom. The van der Waals surface area contributed by atoms with Gasteiger partial charge in [0, 0.05) is 31.7 Å². The molecule has 1 aliphatic rings. The molecule has 6 nitrogen and oxygen atoms in total. The number of carbonyl (C=O) groups excluding carboxylic acids is 1. The second-order valence-electron chi connectivity index (χ2n) is 6.69. The van der Waals surface area contributed by atoms with Gasteiger partial charge in [-0.1, -0.05) is 20.8 Å². The van der Waals surface area contributed by atoms with Gasteiger partial charge in [0.05, 0.1) is 11.4 Å². The number of amides is 1. The van der Waals surface area contributed by atoms with Crippen LogP contribution in [0.2, 0.25) is 0 Å². The lowest BCUT2D eigenvalue weighted by Crippen LogP contribution is -2.61. The summed E-state index contributed by atoms with van der Waals surface area (Å²) in [4.78, 5) is 22.8. The predicted molar refractivity (Wildman–Crippen MR) is 82.1 cm³/mol. The fourth-order valence-corrected chi connectivity index (χ4v) is 2.46. The van der Waals surface area contributed by atoms with E-state index in [0.717, 1.165) is 29.9 Å². The molecule has 0 saturated carbocycles. The monoisotopic (exact) mass is 287 g/mol. The molecule has 1 saturated heterocycles. The van der Waals surface area contributed by atoms with Crippen LogP contribution in [0, 0.1) is 5.41 Å². The number of carbonyl (C=O) groups is 1. The molecule has 1 N–H and O–H groups in total. The summed E-state index contributed by atoms with van der Waals surface area (Å²) in [6.45, 7) is 7.37. The lowest BCUT2D eigenvalue weighted by molar-refractivity contribution is -0.129. The lowest BCUT2D eigenvalue weighted by atomic mass is 9.94. The van der Waals surface area contributed by atoms with E-state index in [9.17, 15) is 4.79 Å². The van der Waals surface area contributed by atoms with Crippen molar-refractivity contribution in [2.24, 2.45) is 12.5 Å². The number of fused-ring (bicyclic) bond motifs is 1. The quantitative estimate of drug-likeness (QED) is 0.905. The third kappa shape index (κ3) is 2.46. The minimum Gasteiger partial charge on any atom is -0.352 e. The van der Waals surface area contributed by atoms with Crippen molar-refractivity contribution in [2.75, 3.05) is 18.0 Å². The highest BCUT2D eigenvalue weighted by Crippen LogP contribution is 2.27. The highest BCUT2D eigenvalue weighted by molar-refractivity contribution is 5.88. The van der Waals surface area contributed by atoms with E-state index in [-0.39, 0.29) is 17.4 Å². The number of nitrogens with zero attached hydrogens (tertiary/aromatic N) is 4. The van der Waals surface area contributed by atoms with Crippen molar-refractivity contribution in [3.05, 3.63) is 18.6 Å². The summed E-state index contributed by atoms with van der Waals surface area (Å²) >= 11 is 0. The maximum atomic E-state index is 12.0. The van der Waals surface area contributed by atoms with Crippen molar-refractivity contribution in [1.29, 1.82) is 0 Å². The van der Waals surface area contributed by atoms with Crippen LogP contribution in [0.25, 0.3) is 11.0 Å². The fraction of sp³-hybridized carbons (Fsp3) is 0.533. The van der Waals surface area contributed by atoms with Gasteiger partial charge in [0.2, 0.25) is 5.91 Å². The number of aryl methyl sites for hydroxylation is 1. The summed E-state index contributed by atoms with van der Waals surface area (Å²) in [5.74, 6) is 1.04. The standard InChI is InChI=1S/C15H21N5O/c1-15(2,3)14(21)18-10-7-20(8-10)13-11-5-6-19(4)12(11)16-9-17-13/h5-6,9-10H,7-8H2,1-4H3,(H,18,21). The smallest absolute Gasteiger partial charge is 0.225 e. The van der Waals surface area contributed by atoms with Crippen molar-refractivity contribution in [1.82, 2.24) is 19.9 Å². The van der Waals surface area contributed by atoms with Crippen LogP contribution in [0.5, 0.6) is 0 Å². The molecule has 0 bridgehead atoms. The Kier molecular flexibility index (Phi) is 3.11. The van der Waals surface area contributed by atoms with Gasteiger partial charge < -0.3 is 14.8 Å². The molecule has 1 fully saturated rings. The molecule has 112 valence electrons. The van der Waals surface area contributed by atoms with Crippen molar-refractivity contribution < 1.29 is 4.79 Å². The third-order valence-corrected chi connectivity index (χ3v) is 3.84. The van der Waals surface area contributed by atoms with E-state index in [0.29, 0.717) is 0 Å². The molecule has 2 aromatic rings. The Hall–Kier alpha value is -2.11. The zero-order valence-corrected chi connectivity index (χ0v) is 12.9. The first-order chi connectivity index (χ1) is 9.86. The minimum absolute atomic E-state index is 0.0969. The maximum absolute atomic E-state index is 12.0. The normalized spacial score (nSPS) is 16.1. The Morgan fingerprint density at radius 2 is 2.05 bits per heavy atom. The fourth-order valence-electron chi connectivity index (χ4n) is 2.46. The average Bonchev–Trinajstić information content (AvgIpc) is 2.74. The molecule has 3 heterocycles. The van der Waals surface area contributed by atoms with Crippen LogP contribution in [0.15, 0.2) is 18.6 Å². The van der Waals surface area contributed by atoms with Crippen LogP contribution in [-0.2, 0) is 11.8 Å². The zero-order valence-electron chi connectivity index (χ0n) is 12.9. The molecule has 0 spiro atoms. The molecule has 1 amide bonds. The molecule has 6 heteroatoms. The van der Waals surface area contributed by atoms with Crippen LogP contribution >= 0.6 is 0 Å². The largest absolute Gasteiger partial charge is 0.352 e. The van der Waals surface area contributed by atoms with Gasteiger partial charge in [-0.25, -0.2) is 9.97 Å². The topological polar surface area (TPSA) is 63.0 Å². The summed E-state index contributed by atoms with van der Waals surface area (Å²) in [6.07, 6.45) is 3.58. The van der Waals surface area contributed by atoms with Gasteiger partial charge in [0.25, 0.3) is 0 Å². The van der Waals surface area contributed by atoms with Gasteiger partial charge in [-0.2, -0.15) is 0 Å². The summed E-state index contributed by atoms with van der Waals surface area (Å²) < 4.78 is 1.99. The second-order valence-corrected chi connectivity index (χ2v) is 6.69.